The zero-order valence-electron chi connectivity index (χ0n) is 23.5. The van der Waals surface area contributed by atoms with Crippen molar-refractivity contribution in [2.45, 2.75) is 78.2 Å². The van der Waals surface area contributed by atoms with Gasteiger partial charge in [0, 0.05) is 23.0 Å². The van der Waals surface area contributed by atoms with Gasteiger partial charge in [0.05, 0.1) is 12.8 Å². The van der Waals surface area contributed by atoms with Gasteiger partial charge in [-0.2, -0.15) is 0 Å². The number of Topliss-reactive ketones (excluding diaryl/α,β-unsaturated/α-hetero) is 1. The highest BCUT2D eigenvalue weighted by Crippen LogP contribution is 2.49. The number of nitrogens with two attached hydrogens (primary N) is 1. The fraction of sp³-hybridized carbons (Fsp3) is 0.500. The average molecular weight is 515 g/mol. The minimum Gasteiger partial charge on any atom is -0.497 e. The molecule has 0 saturated heterocycles. The van der Waals surface area contributed by atoms with Gasteiger partial charge in [0.15, 0.2) is 5.78 Å². The lowest BCUT2D eigenvalue weighted by Gasteiger charge is -2.50. The molecule has 1 aromatic carbocycles. The predicted octanol–water partition coefficient (Wildman–Crippen LogP) is 6.42. The maximum Gasteiger partial charge on any atom is 0.162 e. The number of hydrogen-bond donors (Lipinski definition) is 2. The monoisotopic (exact) mass is 514 g/mol. The second-order valence-corrected chi connectivity index (χ2v) is 12.1. The van der Waals surface area contributed by atoms with Gasteiger partial charge in [-0.15, -0.1) is 0 Å². The molecular weight excluding hydrogens is 472 g/mol. The van der Waals surface area contributed by atoms with Crippen LogP contribution in [0.3, 0.4) is 0 Å². The molecule has 3 N–H and O–H groups in total. The van der Waals surface area contributed by atoms with Gasteiger partial charge in [-0.25, -0.2) is 4.98 Å². The number of aryl methyl sites for hydroxylation is 2. The number of nitrogens with one attached hydrogen (secondary N) is 1. The van der Waals surface area contributed by atoms with E-state index in [9.17, 15) is 4.79 Å². The molecule has 0 amide bonds. The van der Waals surface area contributed by atoms with Crippen LogP contribution in [0.5, 0.6) is 5.75 Å². The number of benzene rings is 1. The quantitative estimate of drug-likeness (QED) is 0.339. The van der Waals surface area contributed by atoms with Gasteiger partial charge in [0.1, 0.15) is 17.2 Å². The standard InChI is InChI=1S/C32H42N4O2/c1-20-14-25-15-21(2)18-32(17-20,19-25)35-31-28(11-8-24-6-9-27(38-5)10-7-24)34-29-16-26(12-13-36(29)31)30(22(3)33)23(4)37/h6-7,9-10,12-13,16,20-21,25,35H,8,11,14-15,17-19,33H2,1-5H3. The van der Waals surface area contributed by atoms with Crippen molar-refractivity contribution in [3.63, 3.8) is 0 Å². The Hall–Kier alpha value is -3.28. The summed E-state index contributed by atoms with van der Waals surface area (Å²) < 4.78 is 7.51. The number of imidazole rings is 1. The fourth-order valence-corrected chi connectivity index (χ4v) is 7.43. The number of rotatable bonds is 8. The van der Waals surface area contributed by atoms with E-state index in [1.54, 1.807) is 21.0 Å². The molecule has 38 heavy (non-hydrogen) atoms. The van der Waals surface area contributed by atoms with Crippen LogP contribution in [0.4, 0.5) is 5.82 Å². The summed E-state index contributed by atoms with van der Waals surface area (Å²) in [5.41, 5.74) is 11.3. The van der Waals surface area contributed by atoms with E-state index in [0.717, 1.165) is 59.1 Å². The zero-order chi connectivity index (χ0) is 27.0. The molecule has 2 unspecified atom stereocenters. The maximum absolute atomic E-state index is 12.4. The number of nitrogens with zero attached hydrogens (tertiary/aromatic N) is 2. The lowest BCUT2D eigenvalue weighted by molar-refractivity contribution is -0.111. The van der Waals surface area contributed by atoms with Crippen LogP contribution in [0.15, 0.2) is 48.3 Å². The van der Waals surface area contributed by atoms with E-state index in [1.165, 1.54) is 37.7 Å². The Morgan fingerprint density at radius 1 is 1.08 bits per heavy atom. The van der Waals surface area contributed by atoms with Crippen LogP contribution in [0, 0.1) is 17.8 Å². The summed E-state index contributed by atoms with van der Waals surface area (Å²) in [7, 11) is 1.69. The summed E-state index contributed by atoms with van der Waals surface area (Å²) in [5, 5.41) is 4.10. The molecule has 2 aromatic heterocycles. The summed E-state index contributed by atoms with van der Waals surface area (Å²) in [4.78, 5) is 17.5. The first-order valence-electron chi connectivity index (χ1n) is 14.1. The molecule has 202 valence electrons. The molecule has 3 aromatic rings. The van der Waals surface area contributed by atoms with E-state index in [-0.39, 0.29) is 11.3 Å². The Morgan fingerprint density at radius 2 is 1.76 bits per heavy atom. The number of allylic oxidation sites excluding steroid dienone is 2. The summed E-state index contributed by atoms with van der Waals surface area (Å²) in [6, 6.07) is 12.3. The Labute approximate surface area is 226 Å². The minimum absolute atomic E-state index is 0.0312. The molecule has 2 bridgehead atoms. The molecule has 2 heterocycles. The van der Waals surface area contributed by atoms with Crippen molar-refractivity contribution in [1.29, 1.82) is 0 Å². The third-order valence-electron chi connectivity index (χ3n) is 8.56. The molecule has 2 fully saturated rings. The highest BCUT2D eigenvalue weighted by Gasteiger charge is 2.45. The van der Waals surface area contributed by atoms with Crippen molar-refractivity contribution in [1.82, 2.24) is 9.38 Å². The fourth-order valence-electron chi connectivity index (χ4n) is 7.43. The van der Waals surface area contributed by atoms with Crippen molar-refractivity contribution < 1.29 is 9.53 Å². The zero-order valence-corrected chi connectivity index (χ0v) is 23.5. The maximum atomic E-state index is 12.4. The second kappa shape index (κ2) is 10.5. The van der Waals surface area contributed by atoms with Gasteiger partial charge in [0.25, 0.3) is 0 Å². The Morgan fingerprint density at radius 3 is 2.37 bits per heavy atom. The number of hydrogen-bond acceptors (Lipinski definition) is 5. The molecular formula is C32H42N4O2. The molecule has 2 atom stereocenters. The Kier molecular flexibility index (Phi) is 7.26. The number of pyridine rings is 1. The van der Waals surface area contributed by atoms with Gasteiger partial charge >= 0.3 is 0 Å². The van der Waals surface area contributed by atoms with Gasteiger partial charge in [0.2, 0.25) is 0 Å². The van der Waals surface area contributed by atoms with Crippen LogP contribution in [-0.2, 0) is 17.6 Å². The van der Waals surface area contributed by atoms with Crippen LogP contribution in [0.1, 0.15) is 76.6 Å². The van der Waals surface area contributed by atoms with Crippen molar-refractivity contribution in [3.05, 3.63) is 65.1 Å². The first-order valence-corrected chi connectivity index (χ1v) is 14.1. The van der Waals surface area contributed by atoms with Crippen LogP contribution in [-0.4, -0.2) is 27.8 Å². The summed E-state index contributed by atoms with van der Waals surface area (Å²) in [5.74, 6) is 4.17. The third-order valence-corrected chi connectivity index (χ3v) is 8.56. The number of aromatic nitrogens is 2. The van der Waals surface area contributed by atoms with Crippen LogP contribution in [0.25, 0.3) is 11.2 Å². The number of carbonyl (C=O) groups is 1. The largest absolute Gasteiger partial charge is 0.497 e. The van der Waals surface area contributed by atoms with E-state index in [1.807, 2.05) is 24.3 Å². The topological polar surface area (TPSA) is 81.6 Å². The van der Waals surface area contributed by atoms with Gasteiger partial charge in [-0.05, 0) is 112 Å². The molecule has 2 aliphatic carbocycles. The van der Waals surface area contributed by atoms with E-state index in [0.29, 0.717) is 11.3 Å². The SMILES string of the molecule is COc1ccc(CCc2nc3cc(C(C(C)=O)=C(C)N)ccn3c2NC23CC(C)CC(CC(C)C2)C3)cc1. The van der Waals surface area contributed by atoms with Crippen molar-refractivity contribution in [3.8, 4) is 5.75 Å². The Balaban J connectivity index is 1.54. The number of ether oxygens (including phenoxy) is 1. The number of carbonyl (C=O) groups excluding carboxylic acids is 1. The third kappa shape index (κ3) is 5.31. The summed E-state index contributed by atoms with van der Waals surface area (Å²) in [6.07, 6.45) is 10.1. The smallest absolute Gasteiger partial charge is 0.162 e. The van der Waals surface area contributed by atoms with Gasteiger partial charge < -0.3 is 15.8 Å². The summed E-state index contributed by atoms with van der Waals surface area (Å²) in [6.45, 7) is 8.17. The van der Waals surface area contributed by atoms with Crippen molar-refractivity contribution in [2.75, 3.05) is 12.4 Å². The molecule has 6 heteroatoms. The van der Waals surface area contributed by atoms with Gasteiger partial charge in [-0.1, -0.05) is 26.0 Å². The molecule has 0 spiro atoms. The lowest BCUT2D eigenvalue weighted by atomic mass is 9.61. The predicted molar refractivity (Wildman–Crippen MR) is 154 cm³/mol. The minimum atomic E-state index is -0.0312. The Bertz CT molecular complexity index is 1330. The highest BCUT2D eigenvalue weighted by atomic mass is 16.5. The van der Waals surface area contributed by atoms with Crippen LogP contribution >= 0.6 is 0 Å². The molecule has 2 aliphatic rings. The number of ketones is 1. The second-order valence-electron chi connectivity index (χ2n) is 12.1. The first kappa shape index (κ1) is 26.3. The molecule has 2 saturated carbocycles. The van der Waals surface area contributed by atoms with E-state index < -0.39 is 0 Å². The normalized spacial score (nSPS) is 25.7. The van der Waals surface area contributed by atoms with E-state index in [2.05, 4.69) is 41.9 Å². The van der Waals surface area contributed by atoms with Crippen molar-refractivity contribution >= 4 is 22.8 Å². The van der Waals surface area contributed by atoms with Crippen molar-refractivity contribution in [2.24, 2.45) is 23.5 Å². The number of fused-ring (bicyclic) bond motifs is 3. The van der Waals surface area contributed by atoms with E-state index in [4.69, 9.17) is 15.5 Å². The number of methoxy groups -OCH3 is 1. The molecule has 0 radical (unpaired) electrons. The first-order chi connectivity index (χ1) is 18.2. The highest BCUT2D eigenvalue weighted by molar-refractivity contribution is 6.20. The molecule has 5 rings (SSSR count). The molecule has 0 aliphatic heterocycles. The van der Waals surface area contributed by atoms with Crippen LogP contribution in [0.2, 0.25) is 0 Å². The van der Waals surface area contributed by atoms with Gasteiger partial charge in [-0.3, -0.25) is 9.20 Å². The number of anilines is 1. The van der Waals surface area contributed by atoms with E-state index >= 15 is 0 Å². The van der Waals surface area contributed by atoms with Crippen LogP contribution < -0.4 is 15.8 Å². The molecule has 6 nitrogen and oxygen atoms in total. The average Bonchev–Trinajstić information content (AvgIpc) is 3.17. The lowest BCUT2D eigenvalue weighted by Crippen LogP contribution is -2.50. The summed E-state index contributed by atoms with van der Waals surface area (Å²) >= 11 is 0.